The lowest BCUT2D eigenvalue weighted by molar-refractivity contribution is 0.382. The first-order chi connectivity index (χ1) is 8.99. The molecular formula is C13H10BrF2NO2. The Bertz CT molecular complexity index is 600. The van der Waals surface area contributed by atoms with Crippen LogP contribution in [-0.4, -0.2) is 7.11 Å². The predicted molar refractivity (Wildman–Crippen MR) is 71.5 cm³/mol. The van der Waals surface area contributed by atoms with E-state index in [-0.39, 0.29) is 22.9 Å². The van der Waals surface area contributed by atoms with Crippen molar-refractivity contribution in [2.45, 2.75) is 0 Å². The number of ether oxygens (including phenoxy) is 2. The maximum Gasteiger partial charge on any atom is 0.167 e. The Hall–Kier alpha value is -1.82. The molecule has 0 saturated carbocycles. The van der Waals surface area contributed by atoms with Gasteiger partial charge in [0.15, 0.2) is 17.3 Å². The fraction of sp³-hybridized carbons (Fsp3) is 0.0769. The van der Waals surface area contributed by atoms with Crippen LogP contribution in [0.4, 0.5) is 14.5 Å². The standard InChI is InChI=1S/C13H10BrF2NO2/c1-18-12-6-13(11(17)5-10(12)16)19-9-3-7(14)2-8(15)4-9/h2-6H,17H2,1H3. The summed E-state index contributed by atoms with van der Waals surface area (Å²) in [4.78, 5) is 0. The summed E-state index contributed by atoms with van der Waals surface area (Å²) in [6, 6.07) is 6.45. The summed E-state index contributed by atoms with van der Waals surface area (Å²) in [5, 5.41) is 0. The molecule has 2 aromatic rings. The molecule has 3 nitrogen and oxygen atoms in total. The Morgan fingerprint density at radius 3 is 2.42 bits per heavy atom. The van der Waals surface area contributed by atoms with Crippen LogP contribution >= 0.6 is 15.9 Å². The van der Waals surface area contributed by atoms with Gasteiger partial charge >= 0.3 is 0 Å². The molecule has 0 heterocycles. The van der Waals surface area contributed by atoms with Gasteiger partial charge in [0, 0.05) is 22.7 Å². The van der Waals surface area contributed by atoms with Gasteiger partial charge in [-0.3, -0.25) is 0 Å². The lowest BCUT2D eigenvalue weighted by atomic mass is 10.2. The summed E-state index contributed by atoms with van der Waals surface area (Å²) in [7, 11) is 1.33. The van der Waals surface area contributed by atoms with Gasteiger partial charge in [0.2, 0.25) is 0 Å². The molecule has 19 heavy (non-hydrogen) atoms. The van der Waals surface area contributed by atoms with E-state index in [0.29, 0.717) is 4.47 Å². The summed E-state index contributed by atoms with van der Waals surface area (Å²) in [5.74, 6) is -0.618. The van der Waals surface area contributed by atoms with Crippen LogP contribution in [0.3, 0.4) is 0 Å². The van der Waals surface area contributed by atoms with Gasteiger partial charge in [-0.25, -0.2) is 8.78 Å². The minimum Gasteiger partial charge on any atom is -0.494 e. The van der Waals surface area contributed by atoms with Gasteiger partial charge in [0.05, 0.1) is 12.8 Å². The van der Waals surface area contributed by atoms with Crippen molar-refractivity contribution in [2.24, 2.45) is 0 Å². The van der Waals surface area contributed by atoms with E-state index in [9.17, 15) is 8.78 Å². The van der Waals surface area contributed by atoms with Crippen LogP contribution in [0, 0.1) is 11.6 Å². The van der Waals surface area contributed by atoms with E-state index in [1.807, 2.05) is 0 Å². The molecule has 0 bridgehead atoms. The molecule has 0 spiro atoms. The summed E-state index contributed by atoms with van der Waals surface area (Å²) in [6.45, 7) is 0. The largest absolute Gasteiger partial charge is 0.494 e. The molecule has 2 N–H and O–H groups in total. The normalized spacial score (nSPS) is 10.3. The van der Waals surface area contributed by atoms with Crippen molar-refractivity contribution in [1.82, 2.24) is 0 Å². The van der Waals surface area contributed by atoms with Gasteiger partial charge < -0.3 is 15.2 Å². The zero-order valence-electron chi connectivity index (χ0n) is 9.91. The minimum atomic E-state index is -0.590. The Balaban J connectivity index is 2.37. The van der Waals surface area contributed by atoms with E-state index in [1.165, 1.54) is 25.3 Å². The number of hydrogen-bond acceptors (Lipinski definition) is 3. The second-order valence-corrected chi connectivity index (χ2v) is 4.65. The number of hydrogen-bond donors (Lipinski definition) is 1. The highest BCUT2D eigenvalue weighted by atomic mass is 79.9. The van der Waals surface area contributed by atoms with Crippen molar-refractivity contribution in [3.63, 3.8) is 0 Å². The maximum atomic E-state index is 13.4. The summed E-state index contributed by atoms with van der Waals surface area (Å²) in [6.07, 6.45) is 0. The fourth-order valence-corrected chi connectivity index (χ4v) is 1.95. The molecule has 0 aliphatic carbocycles. The van der Waals surface area contributed by atoms with E-state index in [4.69, 9.17) is 15.2 Å². The van der Waals surface area contributed by atoms with Crippen LogP contribution in [0.15, 0.2) is 34.8 Å². The highest BCUT2D eigenvalue weighted by Crippen LogP contribution is 2.34. The van der Waals surface area contributed by atoms with Crippen LogP contribution in [0.2, 0.25) is 0 Å². The molecule has 0 atom stereocenters. The summed E-state index contributed by atoms with van der Waals surface area (Å²) < 4.78 is 37.4. The maximum absolute atomic E-state index is 13.4. The van der Waals surface area contributed by atoms with Crippen molar-refractivity contribution in [3.8, 4) is 17.2 Å². The molecule has 2 aromatic carbocycles. The van der Waals surface area contributed by atoms with Crippen LogP contribution in [0.1, 0.15) is 0 Å². The third-order valence-corrected chi connectivity index (χ3v) is 2.81. The molecule has 0 radical (unpaired) electrons. The third-order valence-electron chi connectivity index (χ3n) is 2.35. The molecule has 0 unspecified atom stereocenters. The zero-order valence-corrected chi connectivity index (χ0v) is 11.5. The first-order valence-electron chi connectivity index (χ1n) is 5.26. The molecular weight excluding hydrogens is 320 g/mol. The van der Waals surface area contributed by atoms with E-state index < -0.39 is 11.6 Å². The van der Waals surface area contributed by atoms with Crippen molar-refractivity contribution in [3.05, 3.63) is 46.4 Å². The molecule has 0 amide bonds. The smallest absolute Gasteiger partial charge is 0.167 e. The highest BCUT2D eigenvalue weighted by molar-refractivity contribution is 9.10. The number of benzene rings is 2. The van der Waals surface area contributed by atoms with Gasteiger partial charge in [-0.1, -0.05) is 15.9 Å². The number of anilines is 1. The van der Waals surface area contributed by atoms with Crippen LogP contribution in [-0.2, 0) is 0 Å². The van der Waals surface area contributed by atoms with Gasteiger partial charge in [-0.15, -0.1) is 0 Å². The molecule has 6 heteroatoms. The molecule has 100 valence electrons. The third kappa shape index (κ3) is 3.14. The Morgan fingerprint density at radius 2 is 1.79 bits per heavy atom. The lowest BCUT2D eigenvalue weighted by Crippen LogP contribution is -1.96. The van der Waals surface area contributed by atoms with E-state index >= 15 is 0 Å². The van der Waals surface area contributed by atoms with Crippen LogP contribution in [0.25, 0.3) is 0 Å². The van der Waals surface area contributed by atoms with E-state index in [1.54, 1.807) is 6.07 Å². The summed E-state index contributed by atoms with van der Waals surface area (Å²) >= 11 is 3.15. The Morgan fingerprint density at radius 1 is 1.05 bits per heavy atom. The molecule has 0 aliphatic heterocycles. The number of halogens is 3. The molecule has 0 saturated heterocycles. The average molecular weight is 330 g/mol. The number of rotatable bonds is 3. The lowest BCUT2D eigenvalue weighted by Gasteiger charge is -2.11. The second-order valence-electron chi connectivity index (χ2n) is 3.73. The van der Waals surface area contributed by atoms with Crippen LogP contribution in [0.5, 0.6) is 17.2 Å². The molecule has 0 aliphatic rings. The number of nitrogens with two attached hydrogens (primary N) is 1. The van der Waals surface area contributed by atoms with Crippen molar-refractivity contribution < 1.29 is 18.3 Å². The zero-order chi connectivity index (χ0) is 14.0. The van der Waals surface area contributed by atoms with Crippen molar-refractivity contribution >= 4 is 21.6 Å². The first kappa shape index (κ1) is 13.6. The SMILES string of the molecule is COc1cc(Oc2cc(F)cc(Br)c2)c(N)cc1F. The first-order valence-corrected chi connectivity index (χ1v) is 6.06. The Kier molecular flexibility index (Phi) is 3.90. The van der Waals surface area contributed by atoms with Crippen molar-refractivity contribution in [2.75, 3.05) is 12.8 Å². The number of nitrogen functional groups attached to an aromatic ring is 1. The Labute approximate surface area is 117 Å². The fourth-order valence-electron chi connectivity index (χ4n) is 1.51. The minimum absolute atomic E-state index is 0.000307. The summed E-state index contributed by atoms with van der Waals surface area (Å²) in [5.41, 5.74) is 5.74. The van der Waals surface area contributed by atoms with Gasteiger partial charge in [0.1, 0.15) is 11.6 Å². The highest BCUT2D eigenvalue weighted by Gasteiger charge is 2.11. The molecule has 2 rings (SSSR count). The van der Waals surface area contributed by atoms with Crippen LogP contribution < -0.4 is 15.2 Å². The quantitative estimate of drug-likeness (QED) is 0.862. The van der Waals surface area contributed by atoms with Crippen molar-refractivity contribution in [1.29, 1.82) is 0 Å². The molecule has 0 fully saturated rings. The van der Waals surface area contributed by atoms with E-state index in [0.717, 1.165) is 6.07 Å². The number of methoxy groups -OCH3 is 1. The second kappa shape index (κ2) is 5.44. The predicted octanol–water partition coefficient (Wildman–Crippen LogP) is 4.11. The monoisotopic (exact) mass is 329 g/mol. The van der Waals surface area contributed by atoms with Gasteiger partial charge in [0.25, 0.3) is 0 Å². The topological polar surface area (TPSA) is 44.5 Å². The van der Waals surface area contributed by atoms with Gasteiger partial charge in [-0.05, 0) is 12.1 Å². The average Bonchev–Trinajstić information content (AvgIpc) is 2.31. The van der Waals surface area contributed by atoms with Gasteiger partial charge in [-0.2, -0.15) is 0 Å². The van der Waals surface area contributed by atoms with E-state index in [2.05, 4.69) is 15.9 Å². The molecule has 0 aromatic heterocycles.